The van der Waals surface area contributed by atoms with E-state index < -0.39 is 11.8 Å². The quantitative estimate of drug-likeness (QED) is 0.0517. The van der Waals surface area contributed by atoms with Gasteiger partial charge in [-0.15, -0.1) is 0 Å². The molecule has 0 heterocycles. The van der Waals surface area contributed by atoms with Crippen LogP contribution in [0.1, 0.15) is 200 Å². The summed E-state index contributed by atoms with van der Waals surface area (Å²) in [6.07, 6.45) is 40.5. The second-order valence-corrected chi connectivity index (χ2v) is 12.1. The number of allylic oxidation sites excluding steroid dienone is 2. The zero-order valence-corrected chi connectivity index (χ0v) is 26.6. The molecule has 0 spiro atoms. The summed E-state index contributed by atoms with van der Waals surface area (Å²) in [5.41, 5.74) is 5.58. The highest BCUT2D eigenvalue weighted by molar-refractivity contribution is 6.00. The molecular weight excluding hydrogens is 478 g/mol. The molecule has 0 aromatic carbocycles. The third kappa shape index (κ3) is 28.2. The lowest BCUT2D eigenvalue weighted by molar-refractivity contribution is -0.132. The van der Waals surface area contributed by atoms with Crippen LogP contribution in [0.5, 0.6) is 0 Å². The zero-order valence-electron chi connectivity index (χ0n) is 26.6. The van der Waals surface area contributed by atoms with Crippen LogP contribution in [0.4, 0.5) is 0 Å². The maximum absolute atomic E-state index is 12.6. The summed E-state index contributed by atoms with van der Waals surface area (Å²) in [6.45, 7) is 4.54. The number of carbonyl (C=O) groups is 2. The van der Waals surface area contributed by atoms with E-state index in [1.807, 2.05) is 0 Å². The highest BCUT2D eigenvalue weighted by Gasteiger charge is 2.22. The van der Waals surface area contributed by atoms with E-state index in [0.29, 0.717) is 12.8 Å². The number of amides is 1. The Morgan fingerprint density at radius 3 is 1.21 bits per heavy atom. The first-order valence-electron chi connectivity index (χ1n) is 17.6. The van der Waals surface area contributed by atoms with Crippen molar-refractivity contribution in [2.45, 2.75) is 200 Å². The van der Waals surface area contributed by atoms with Crippen LogP contribution in [-0.4, -0.2) is 11.7 Å². The molecule has 0 fully saturated rings. The molecule has 1 atom stereocenters. The average Bonchev–Trinajstić information content (AvgIpc) is 2.92. The number of Topliss-reactive ketones (excluding diaryl/α,β-unsaturated/α-hetero) is 1. The van der Waals surface area contributed by atoms with Crippen molar-refractivity contribution in [3.63, 3.8) is 0 Å². The molecule has 3 nitrogen and oxygen atoms in total. The number of unbranched alkanes of at least 4 members (excludes halogenated alkanes) is 24. The largest absolute Gasteiger partial charge is 0.369 e. The van der Waals surface area contributed by atoms with Crippen LogP contribution in [0.3, 0.4) is 0 Å². The lowest BCUT2D eigenvalue weighted by Gasteiger charge is -2.12. The molecular formula is C36H69NO2. The van der Waals surface area contributed by atoms with Gasteiger partial charge in [-0.3, -0.25) is 9.59 Å². The van der Waals surface area contributed by atoms with E-state index in [2.05, 4.69) is 26.0 Å². The monoisotopic (exact) mass is 548 g/mol. The summed E-state index contributed by atoms with van der Waals surface area (Å²) in [7, 11) is 0. The van der Waals surface area contributed by atoms with Crippen molar-refractivity contribution in [1.29, 1.82) is 0 Å². The molecule has 0 aromatic rings. The molecule has 1 amide bonds. The standard InChI is InChI=1S/C36H69NO2/c1-3-5-7-9-11-13-15-17-19-21-23-25-27-29-31-33-35(38)34(36(37)39)32-30-28-26-24-22-20-18-16-14-12-10-8-6-4-2/h17,19,34H,3-16,18,20-33H2,1-2H3,(H2,37,39). The van der Waals surface area contributed by atoms with Gasteiger partial charge in [0, 0.05) is 6.42 Å². The SMILES string of the molecule is CCCCCCCCC=CCCCCCCCC(=O)C(CCCCCCCCCCCCCCCC)C(N)=O. The lowest BCUT2D eigenvalue weighted by atomic mass is 9.92. The summed E-state index contributed by atoms with van der Waals surface area (Å²) in [4.78, 5) is 24.4. The number of primary amides is 1. The van der Waals surface area contributed by atoms with Gasteiger partial charge in [-0.2, -0.15) is 0 Å². The van der Waals surface area contributed by atoms with Crippen LogP contribution >= 0.6 is 0 Å². The highest BCUT2D eigenvalue weighted by atomic mass is 16.2. The molecule has 3 heteroatoms. The molecule has 0 aliphatic carbocycles. The Bertz CT molecular complexity index is 556. The number of hydrogen-bond acceptors (Lipinski definition) is 2. The fraction of sp³-hybridized carbons (Fsp3) is 0.889. The Kier molecular flexibility index (Phi) is 30.5. The van der Waals surface area contributed by atoms with E-state index in [1.165, 1.54) is 148 Å². The maximum Gasteiger partial charge on any atom is 0.227 e. The van der Waals surface area contributed by atoms with Gasteiger partial charge < -0.3 is 5.73 Å². The fourth-order valence-corrected chi connectivity index (χ4v) is 5.55. The summed E-state index contributed by atoms with van der Waals surface area (Å²) in [6, 6.07) is 0. The summed E-state index contributed by atoms with van der Waals surface area (Å²) in [5.74, 6) is -0.892. The average molecular weight is 548 g/mol. The van der Waals surface area contributed by atoms with Crippen molar-refractivity contribution >= 4 is 11.7 Å². The predicted molar refractivity (Wildman–Crippen MR) is 172 cm³/mol. The minimum atomic E-state index is -0.556. The van der Waals surface area contributed by atoms with Crippen molar-refractivity contribution in [2.24, 2.45) is 11.7 Å². The number of carbonyl (C=O) groups excluding carboxylic acids is 2. The molecule has 0 saturated heterocycles. The van der Waals surface area contributed by atoms with Crippen LogP contribution in [0.25, 0.3) is 0 Å². The Hall–Kier alpha value is -1.12. The molecule has 39 heavy (non-hydrogen) atoms. The number of hydrogen-bond donors (Lipinski definition) is 1. The highest BCUT2D eigenvalue weighted by Crippen LogP contribution is 2.18. The van der Waals surface area contributed by atoms with Crippen LogP contribution in [0.15, 0.2) is 12.2 Å². The minimum absolute atomic E-state index is 0.0785. The normalized spacial score (nSPS) is 12.4. The van der Waals surface area contributed by atoms with Crippen LogP contribution in [0, 0.1) is 5.92 Å². The Balaban J connectivity index is 3.59. The molecule has 2 N–H and O–H groups in total. The van der Waals surface area contributed by atoms with Crippen LogP contribution < -0.4 is 5.73 Å². The Morgan fingerprint density at radius 2 is 0.821 bits per heavy atom. The molecule has 0 aliphatic rings. The predicted octanol–water partition coefficient (Wildman–Crippen LogP) is 11.6. The van der Waals surface area contributed by atoms with E-state index in [4.69, 9.17) is 5.73 Å². The van der Waals surface area contributed by atoms with Gasteiger partial charge in [-0.05, 0) is 38.5 Å². The van der Waals surface area contributed by atoms with Gasteiger partial charge in [-0.25, -0.2) is 0 Å². The third-order valence-electron chi connectivity index (χ3n) is 8.26. The molecule has 230 valence electrons. The van der Waals surface area contributed by atoms with Crippen LogP contribution in [0.2, 0.25) is 0 Å². The van der Waals surface area contributed by atoms with Crippen molar-refractivity contribution in [3.8, 4) is 0 Å². The van der Waals surface area contributed by atoms with E-state index in [9.17, 15) is 9.59 Å². The molecule has 0 radical (unpaired) electrons. The fourth-order valence-electron chi connectivity index (χ4n) is 5.55. The zero-order chi connectivity index (χ0) is 28.7. The van der Waals surface area contributed by atoms with Crippen LogP contribution in [-0.2, 0) is 9.59 Å². The van der Waals surface area contributed by atoms with Gasteiger partial charge in [-0.1, -0.05) is 167 Å². The van der Waals surface area contributed by atoms with E-state index in [-0.39, 0.29) is 5.78 Å². The summed E-state index contributed by atoms with van der Waals surface area (Å²) in [5, 5.41) is 0. The van der Waals surface area contributed by atoms with E-state index in [1.54, 1.807) is 0 Å². The summed E-state index contributed by atoms with van der Waals surface area (Å²) >= 11 is 0. The Morgan fingerprint density at radius 1 is 0.487 bits per heavy atom. The first kappa shape index (κ1) is 37.9. The third-order valence-corrected chi connectivity index (χ3v) is 8.26. The molecule has 1 unspecified atom stereocenters. The van der Waals surface area contributed by atoms with E-state index >= 15 is 0 Å². The van der Waals surface area contributed by atoms with Crippen molar-refractivity contribution in [2.75, 3.05) is 0 Å². The molecule has 0 aromatic heterocycles. The number of nitrogens with two attached hydrogens (primary N) is 1. The first-order chi connectivity index (χ1) is 19.1. The second kappa shape index (κ2) is 31.4. The van der Waals surface area contributed by atoms with Gasteiger partial charge in [0.1, 0.15) is 5.78 Å². The van der Waals surface area contributed by atoms with Crippen molar-refractivity contribution in [3.05, 3.63) is 12.2 Å². The first-order valence-corrected chi connectivity index (χ1v) is 17.6. The number of ketones is 1. The molecule has 0 aliphatic heterocycles. The Labute approximate surface area is 244 Å². The lowest BCUT2D eigenvalue weighted by Crippen LogP contribution is -2.30. The minimum Gasteiger partial charge on any atom is -0.369 e. The maximum atomic E-state index is 12.6. The van der Waals surface area contributed by atoms with Crippen molar-refractivity contribution < 1.29 is 9.59 Å². The molecule has 0 rings (SSSR count). The van der Waals surface area contributed by atoms with E-state index in [0.717, 1.165) is 25.7 Å². The van der Waals surface area contributed by atoms with Gasteiger partial charge in [0.05, 0.1) is 5.92 Å². The molecule has 0 saturated carbocycles. The van der Waals surface area contributed by atoms with Gasteiger partial charge in [0.2, 0.25) is 5.91 Å². The second-order valence-electron chi connectivity index (χ2n) is 12.1. The van der Waals surface area contributed by atoms with Gasteiger partial charge in [0.15, 0.2) is 0 Å². The van der Waals surface area contributed by atoms with Gasteiger partial charge >= 0.3 is 0 Å². The summed E-state index contributed by atoms with van der Waals surface area (Å²) < 4.78 is 0. The van der Waals surface area contributed by atoms with Gasteiger partial charge in [0.25, 0.3) is 0 Å². The molecule has 0 bridgehead atoms. The number of rotatable bonds is 32. The topological polar surface area (TPSA) is 60.2 Å². The van der Waals surface area contributed by atoms with Crippen molar-refractivity contribution in [1.82, 2.24) is 0 Å². The smallest absolute Gasteiger partial charge is 0.227 e.